The standard InChI is InChI=1S/C11H17NO5/c1-11(2,3)17-10(15)12-4-7-9(16-7)8(12)6(14)5-13/h7-9,13H,4-5H2,1-3H3/t7-,8-,9-/m1/s1. The van der Waals surface area contributed by atoms with Crippen LogP contribution in [0.15, 0.2) is 0 Å². The molecule has 6 heteroatoms. The highest BCUT2D eigenvalue weighted by molar-refractivity contribution is 5.90. The van der Waals surface area contributed by atoms with Gasteiger partial charge in [0.15, 0.2) is 5.78 Å². The van der Waals surface area contributed by atoms with Gasteiger partial charge in [-0.25, -0.2) is 4.79 Å². The zero-order valence-corrected chi connectivity index (χ0v) is 10.2. The van der Waals surface area contributed by atoms with Crippen LogP contribution in [0.1, 0.15) is 20.8 Å². The number of ether oxygens (including phenoxy) is 2. The van der Waals surface area contributed by atoms with Gasteiger partial charge in [0.1, 0.15) is 30.5 Å². The first kappa shape index (κ1) is 12.3. The number of Topliss-reactive ketones (excluding diaryl/α,β-unsaturated/α-hetero) is 1. The maximum atomic E-state index is 11.9. The maximum Gasteiger partial charge on any atom is 0.411 e. The highest BCUT2D eigenvalue weighted by atomic mass is 16.6. The van der Waals surface area contributed by atoms with E-state index >= 15 is 0 Å². The molecule has 17 heavy (non-hydrogen) atoms. The SMILES string of the molecule is CC(C)(C)OC(=O)N1C[C@H]2O[C@H]2[C@H]1C(=O)CO. The molecule has 0 unspecified atom stereocenters. The lowest BCUT2D eigenvalue weighted by atomic mass is 10.1. The number of morpholine rings is 1. The molecule has 0 spiro atoms. The molecule has 1 amide bonds. The predicted molar refractivity (Wildman–Crippen MR) is 57.5 cm³/mol. The molecule has 6 nitrogen and oxygen atoms in total. The number of carbonyl (C=O) groups is 2. The Morgan fingerprint density at radius 3 is 2.65 bits per heavy atom. The van der Waals surface area contributed by atoms with E-state index in [9.17, 15) is 9.59 Å². The molecule has 2 fully saturated rings. The highest BCUT2D eigenvalue weighted by Crippen LogP contribution is 2.37. The van der Waals surface area contributed by atoms with Crippen molar-refractivity contribution in [1.82, 2.24) is 4.90 Å². The van der Waals surface area contributed by atoms with E-state index in [4.69, 9.17) is 14.6 Å². The Morgan fingerprint density at radius 1 is 1.47 bits per heavy atom. The predicted octanol–water partition coefficient (Wildman–Crippen LogP) is -0.0655. The molecule has 96 valence electrons. The lowest BCUT2D eigenvalue weighted by Crippen LogP contribution is -2.47. The quantitative estimate of drug-likeness (QED) is 0.687. The molecule has 2 saturated heterocycles. The fraction of sp³-hybridized carbons (Fsp3) is 0.818. The lowest BCUT2D eigenvalue weighted by Gasteiger charge is -2.28. The number of hydrogen-bond donors (Lipinski definition) is 1. The third kappa shape index (κ3) is 2.42. The van der Waals surface area contributed by atoms with Crippen molar-refractivity contribution in [2.45, 2.75) is 44.6 Å². The van der Waals surface area contributed by atoms with Crippen molar-refractivity contribution in [3.8, 4) is 0 Å². The molecule has 1 N–H and O–H groups in total. The molecule has 0 aromatic heterocycles. The third-order valence-electron chi connectivity index (χ3n) is 2.76. The van der Waals surface area contributed by atoms with Gasteiger partial charge in [0.25, 0.3) is 0 Å². The first-order chi connectivity index (χ1) is 7.83. The minimum Gasteiger partial charge on any atom is -0.444 e. The number of aliphatic hydroxyl groups is 1. The van der Waals surface area contributed by atoms with E-state index in [2.05, 4.69) is 0 Å². The summed E-state index contributed by atoms with van der Waals surface area (Å²) in [5, 5.41) is 8.88. The molecular formula is C11H17NO5. The molecule has 2 aliphatic rings. The van der Waals surface area contributed by atoms with Crippen molar-refractivity contribution < 1.29 is 24.2 Å². The normalized spacial score (nSPS) is 31.1. The number of fused-ring (bicyclic) bond motifs is 1. The van der Waals surface area contributed by atoms with Gasteiger partial charge < -0.3 is 14.6 Å². The molecule has 0 aliphatic carbocycles. The molecule has 0 bridgehead atoms. The zero-order valence-electron chi connectivity index (χ0n) is 10.2. The first-order valence-electron chi connectivity index (χ1n) is 5.62. The van der Waals surface area contributed by atoms with Crippen LogP contribution < -0.4 is 0 Å². The summed E-state index contributed by atoms with van der Waals surface area (Å²) < 4.78 is 10.4. The van der Waals surface area contributed by atoms with Crippen LogP contribution in [0, 0.1) is 0 Å². The van der Waals surface area contributed by atoms with Crippen LogP contribution in [0.4, 0.5) is 4.79 Å². The Morgan fingerprint density at radius 2 is 2.12 bits per heavy atom. The zero-order chi connectivity index (χ0) is 12.8. The van der Waals surface area contributed by atoms with Gasteiger partial charge >= 0.3 is 6.09 Å². The Labute approximate surface area is 99.5 Å². The summed E-state index contributed by atoms with van der Waals surface area (Å²) >= 11 is 0. The summed E-state index contributed by atoms with van der Waals surface area (Å²) in [5.74, 6) is -0.402. The molecular weight excluding hydrogens is 226 g/mol. The number of carbonyl (C=O) groups excluding carboxylic acids is 2. The van der Waals surface area contributed by atoms with Crippen LogP contribution in [-0.2, 0) is 14.3 Å². The first-order valence-corrected chi connectivity index (χ1v) is 5.62. The van der Waals surface area contributed by atoms with Crippen molar-refractivity contribution in [1.29, 1.82) is 0 Å². The van der Waals surface area contributed by atoms with Gasteiger partial charge in [0, 0.05) is 0 Å². The summed E-state index contributed by atoms with van der Waals surface area (Å²) in [6, 6.07) is -0.695. The van der Waals surface area contributed by atoms with Crippen molar-refractivity contribution in [2.75, 3.05) is 13.2 Å². The average molecular weight is 243 g/mol. The van der Waals surface area contributed by atoms with Crippen LogP contribution in [0.5, 0.6) is 0 Å². The van der Waals surface area contributed by atoms with Gasteiger partial charge in [-0.15, -0.1) is 0 Å². The number of hydrogen-bond acceptors (Lipinski definition) is 5. The largest absolute Gasteiger partial charge is 0.444 e. The highest BCUT2D eigenvalue weighted by Gasteiger charge is 2.59. The molecule has 0 aromatic rings. The van der Waals surface area contributed by atoms with Crippen molar-refractivity contribution in [3.63, 3.8) is 0 Å². The molecule has 2 heterocycles. The number of amides is 1. The molecule has 2 rings (SSSR count). The minimum absolute atomic E-state index is 0.0805. The molecule has 0 aromatic carbocycles. The number of aliphatic hydroxyl groups excluding tert-OH is 1. The van der Waals surface area contributed by atoms with E-state index in [0.29, 0.717) is 6.54 Å². The number of epoxide rings is 1. The number of nitrogens with zero attached hydrogens (tertiary/aromatic N) is 1. The maximum absolute atomic E-state index is 11.9. The van der Waals surface area contributed by atoms with Gasteiger partial charge in [-0.05, 0) is 20.8 Å². The van der Waals surface area contributed by atoms with Gasteiger partial charge in [0.2, 0.25) is 0 Å². The Bertz CT molecular complexity index is 348. The van der Waals surface area contributed by atoms with Gasteiger partial charge in [0.05, 0.1) is 6.54 Å². The topological polar surface area (TPSA) is 79.4 Å². The summed E-state index contributed by atoms with van der Waals surface area (Å²) in [6.07, 6.45) is -0.870. The minimum atomic E-state index is -0.695. The number of ketones is 1. The lowest BCUT2D eigenvalue weighted by molar-refractivity contribution is -0.127. The fourth-order valence-corrected chi connectivity index (χ4v) is 2.03. The Hall–Kier alpha value is -1.14. The van der Waals surface area contributed by atoms with E-state index in [-0.39, 0.29) is 12.2 Å². The summed E-state index contributed by atoms with van der Waals surface area (Å²) in [5.41, 5.74) is -0.600. The molecule has 3 atom stereocenters. The molecule has 2 aliphatic heterocycles. The summed E-state index contributed by atoms with van der Waals surface area (Å²) in [6.45, 7) is 5.07. The van der Waals surface area contributed by atoms with Crippen LogP contribution >= 0.6 is 0 Å². The average Bonchev–Trinajstić information content (AvgIpc) is 2.86. The van der Waals surface area contributed by atoms with Crippen molar-refractivity contribution in [2.24, 2.45) is 0 Å². The monoisotopic (exact) mass is 243 g/mol. The van der Waals surface area contributed by atoms with E-state index < -0.39 is 30.1 Å². The second-order valence-corrected chi connectivity index (χ2v) is 5.34. The summed E-state index contributed by atoms with van der Waals surface area (Å²) in [7, 11) is 0. The van der Waals surface area contributed by atoms with Crippen LogP contribution in [0.25, 0.3) is 0 Å². The molecule has 0 radical (unpaired) electrons. The van der Waals surface area contributed by atoms with Gasteiger partial charge in [-0.1, -0.05) is 0 Å². The number of rotatable bonds is 2. The number of likely N-dealkylation sites (tertiary alicyclic amines) is 1. The molecule has 0 saturated carbocycles. The fourth-order valence-electron chi connectivity index (χ4n) is 2.03. The van der Waals surface area contributed by atoms with Gasteiger partial charge in [-0.3, -0.25) is 9.69 Å². The van der Waals surface area contributed by atoms with E-state index in [1.165, 1.54) is 4.90 Å². The second-order valence-electron chi connectivity index (χ2n) is 5.34. The van der Waals surface area contributed by atoms with Crippen LogP contribution in [0.2, 0.25) is 0 Å². The van der Waals surface area contributed by atoms with Gasteiger partial charge in [-0.2, -0.15) is 0 Å². The Kier molecular flexibility index (Phi) is 2.87. The van der Waals surface area contributed by atoms with Crippen molar-refractivity contribution >= 4 is 11.9 Å². The smallest absolute Gasteiger partial charge is 0.411 e. The van der Waals surface area contributed by atoms with E-state index in [1.807, 2.05) is 0 Å². The van der Waals surface area contributed by atoms with Crippen molar-refractivity contribution in [3.05, 3.63) is 0 Å². The van der Waals surface area contributed by atoms with Crippen LogP contribution in [0.3, 0.4) is 0 Å². The van der Waals surface area contributed by atoms with E-state index in [1.54, 1.807) is 20.8 Å². The van der Waals surface area contributed by atoms with Crippen LogP contribution in [-0.4, -0.2) is 58.9 Å². The second kappa shape index (κ2) is 3.96. The third-order valence-corrected chi connectivity index (χ3v) is 2.76. The summed E-state index contributed by atoms with van der Waals surface area (Å²) in [4.78, 5) is 24.8. The Balaban J connectivity index is 2.05. The van der Waals surface area contributed by atoms with E-state index in [0.717, 1.165) is 0 Å².